The van der Waals surface area contributed by atoms with Crippen LogP contribution in [-0.2, 0) is 13.1 Å². The molecular formula is C22H25FN4O. The molecule has 2 aromatic heterocycles. The lowest BCUT2D eigenvalue weighted by Gasteiger charge is -2.34. The lowest BCUT2D eigenvalue weighted by atomic mass is 9.94. The van der Waals surface area contributed by atoms with Crippen LogP contribution in [0.25, 0.3) is 10.9 Å². The number of urea groups is 1. The molecule has 1 aliphatic rings. The van der Waals surface area contributed by atoms with Gasteiger partial charge in [0.05, 0.1) is 18.8 Å². The minimum atomic E-state index is -0.263. The molecule has 2 heterocycles. The molecule has 1 aromatic carbocycles. The normalized spacial score (nSPS) is 14.9. The second-order valence-electron chi connectivity index (χ2n) is 7.43. The molecule has 0 radical (unpaired) electrons. The number of nitrogens with one attached hydrogen (secondary N) is 2. The van der Waals surface area contributed by atoms with Crippen LogP contribution >= 0.6 is 0 Å². The van der Waals surface area contributed by atoms with Crippen molar-refractivity contribution >= 4 is 16.9 Å². The predicted octanol–water partition coefficient (Wildman–Crippen LogP) is 4.75. The summed E-state index contributed by atoms with van der Waals surface area (Å²) < 4.78 is 13.4. The van der Waals surface area contributed by atoms with Crippen LogP contribution in [0.5, 0.6) is 0 Å². The van der Waals surface area contributed by atoms with Gasteiger partial charge in [-0.3, -0.25) is 4.98 Å². The largest absolute Gasteiger partial charge is 0.357 e. The quantitative estimate of drug-likeness (QED) is 0.671. The van der Waals surface area contributed by atoms with Gasteiger partial charge in [0.1, 0.15) is 5.82 Å². The van der Waals surface area contributed by atoms with E-state index in [0.29, 0.717) is 13.1 Å². The maximum atomic E-state index is 13.4. The van der Waals surface area contributed by atoms with Gasteiger partial charge in [0.25, 0.3) is 0 Å². The Morgan fingerprint density at radius 1 is 1.18 bits per heavy atom. The number of hydrogen-bond donors (Lipinski definition) is 2. The summed E-state index contributed by atoms with van der Waals surface area (Å²) in [4.78, 5) is 22.5. The van der Waals surface area contributed by atoms with Crippen molar-refractivity contribution in [1.82, 2.24) is 20.2 Å². The summed E-state index contributed by atoms with van der Waals surface area (Å²) >= 11 is 0. The number of halogens is 1. The van der Waals surface area contributed by atoms with Gasteiger partial charge in [0.15, 0.2) is 0 Å². The number of carbonyl (C=O) groups excluding carboxylic acids is 1. The molecule has 0 atom stereocenters. The van der Waals surface area contributed by atoms with Crippen LogP contribution in [0.3, 0.4) is 0 Å². The molecule has 3 aromatic rings. The number of rotatable bonds is 5. The highest BCUT2D eigenvalue weighted by Gasteiger charge is 2.25. The second kappa shape index (κ2) is 8.42. The summed E-state index contributed by atoms with van der Waals surface area (Å²) in [5.41, 5.74) is 2.61. The van der Waals surface area contributed by atoms with E-state index in [1.54, 1.807) is 12.3 Å². The SMILES string of the molecule is O=C(NCc1cc2cc(F)ccc2[nH]1)N(Cc1ccccn1)C1CCCCC1. The maximum absolute atomic E-state index is 13.4. The molecule has 146 valence electrons. The van der Waals surface area contributed by atoms with Crippen molar-refractivity contribution in [2.75, 3.05) is 0 Å². The molecule has 1 fully saturated rings. The molecule has 0 unspecified atom stereocenters. The third-order valence-corrected chi connectivity index (χ3v) is 5.40. The number of benzene rings is 1. The molecule has 1 saturated carbocycles. The minimum Gasteiger partial charge on any atom is -0.357 e. The van der Waals surface area contributed by atoms with Crippen molar-refractivity contribution in [3.05, 3.63) is 65.9 Å². The van der Waals surface area contributed by atoms with Gasteiger partial charge in [-0.25, -0.2) is 9.18 Å². The Balaban J connectivity index is 1.46. The number of hydrogen-bond acceptors (Lipinski definition) is 2. The summed E-state index contributed by atoms with van der Waals surface area (Å²) in [7, 11) is 0. The van der Waals surface area contributed by atoms with Crippen LogP contribution < -0.4 is 5.32 Å². The molecule has 2 amide bonds. The van der Waals surface area contributed by atoms with E-state index in [4.69, 9.17) is 0 Å². The predicted molar refractivity (Wildman–Crippen MR) is 107 cm³/mol. The summed E-state index contributed by atoms with van der Waals surface area (Å²) in [5, 5.41) is 3.83. The molecule has 1 aliphatic carbocycles. The maximum Gasteiger partial charge on any atom is 0.318 e. The zero-order chi connectivity index (χ0) is 19.3. The summed E-state index contributed by atoms with van der Waals surface area (Å²) in [6.45, 7) is 0.885. The van der Waals surface area contributed by atoms with E-state index < -0.39 is 0 Å². The van der Waals surface area contributed by atoms with E-state index in [1.165, 1.54) is 18.6 Å². The number of nitrogens with zero attached hydrogens (tertiary/aromatic N) is 2. The molecule has 0 saturated heterocycles. The van der Waals surface area contributed by atoms with Crippen molar-refractivity contribution in [3.63, 3.8) is 0 Å². The van der Waals surface area contributed by atoms with Gasteiger partial charge in [-0.15, -0.1) is 0 Å². The zero-order valence-corrected chi connectivity index (χ0v) is 15.8. The Labute approximate surface area is 164 Å². The molecule has 2 N–H and O–H groups in total. The fourth-order valence-electron chi connectivity index (χ4n) is 3.96. The van der Waals surface area contributed by atoms with E-state index in [0.717, 1.165) is 48.0 Å². The van der Waals surface area contributed by atoms with E-state index in [9.17, 15) is 9.18 Å². The first-order valence-corrected chi connectivity index (χ1v) is 9.90. The van der Waals surface area contributed by atoms with Crippen molar-refractivity contribution in [2.24, 2.45) is 0 Å². The average Bonchev–Trinajstić information content (AvgIpc) is 3.13. The van der Waals surface area contributed by atoms with Crippen LogP contribution in [0.15, 0.2) is 48.7 Å². The van der Waals surface area contributed by atoms with Gasteiger partial charge < -0.3 is 15.2 Å². The Bertz CT molecular complexity index is 934. The van der Waals surface area contributed by atoms with Gasteiger partial charge in [0, 0.05) is 28.8 Å². The average molecular weight is 380 g/mol. The number of aromatic nitrogens is 2. The summed E-state index contributed by atoms with van der Waals surface area (Å²) in [6.07, 6.45) is 7.38. The molecule has 28 heavy (non-hydrogen) atoms. The fraction of sp³-hybridized carbons (Fsp3) is 0.364. The zero-order valence-electron chi connectivity index (χ0n) is 15.8. The molecule has 6 heteroatoms. The lowest BCUT2D eigenvalue weighted by molar-refractivity contribution is 0.149. The Morgan fingerprint density at radius 3 is 2.82 bits per heavy atom. The van der Waals surface area contributed by atoms with Gasteiger partial charge in [0.2, 0.25) is 0 Å². The van der Waals surface area contributed by atoms with E-state index >= 15 is 0 Å². The third-order valence-electron chi connectivity index (χ3n) is 5.40. The molecule has 5 nitrogen and oxygen atoms in total. The molecular weight excluding hydrogens is 355 g/mol. The number of carbonyl (C=O) groups is 1. The number of amides is 2. The first-order valence-electron chi connectivity index (χ1n) is 9.90. The smallest absolute Gasteiger partial charge is 0.318 e. The third kappa shape index (κ3) is 4.32. The minimum absolute atomic E-state index is 0.0811. The summed E-state index contributed by atoms with van der Waals surface area (Å²) in [6, 6.07) is 12.5. The fourth-order valence-corrected chi connectivity index (χ4v) is 3.96. The first-order chi connectivity index (χ1) is 13.7. The van der Waals surface area contributed by atoms with E-state index in [-0.39, 0.29) is 17.9 Å². The highest BCUT2D eigenvalue weighted by molar-refractivity contribution is 5.80. The summed E-state index contributed by atoms with van der Waals surface area (Å²) in [5.74, 6) is -0.263. The van der Waals surface area contributed by atoms with Gasteiger partial charge >= 0.3 is 6.03 Å². The van der Waals surface area contributed by atoms with Crippen LogP contribution in [0.2, 0.25) is 0 Å². The highest BCUT2D eigenvalue weighted by atomic mass is 19.1. The highest BCUT2D eigenvalue weighted by Crippen LogP contribution is 2.24. The number of fused-ring (bicyclic) bond motifs is 1. The Morgan fingerprint density at radius 2 is 2.04 bits per heavy atom. The Kier molecular flexibility index (Phi) is 5.55. The van der Waals surface area contributed by atoms with Crippen LogP contribution in [0.1, 0.15) is 43.5 Å². The monoisotopic (exact) mass is 380 g/mol. The molecule has 0 spiro atoms. The van der Waals surface area contributed by atoms with Crippen LogP contribution in [-0.4, -0.2) is 26.9 Å². The number of pyridine rings is 1. The standard InChI is InChI=1S/C22H25FN4O/c23-17-9-10-21-16(12-17)13-19(26-21)14-25-22(28)27(20-7-2-1-3-8-20)15-18-6-4-5-11-24-18/h4-6,9-13,20,26H,1-3,7-8,14-15H2,(H,25,28). The van der Waals surface area contributed by atoms with Crippen LogP contribution in [0.4, 0.5) is 9.18 Å². The molecule has 0 bridgehead atoms. The number of aromatic amines is 1. The van der Waals surface area contributed by atoms with Crippen molar-refractivity contribution < 1.29 is 9.18 Å². The van der Waals surface area contributed by atoms with Crippen LogP contribution in [0, 0.1) is 5.82 Å². The van der Waals surface area contributed by atoms with E-state index in [1.807, 2.05) is 29.2 Å². The first kappa shape index (κ1) is 18.5. The van der Waals surface area contributed by atoms with Gasteiger partial charge in [-0.2, -0.15) is 0 Å². The van der Waals surface area contributed by atoms with Crippen molar-refractivity contribution in [2.45, 2.75) is 51.2 Å². The van der Waals surface area contributed by atoms with Gasteiger partial charge in [-0.05, 0) is 49.2 Å². The molecule has 0 aliphatic heterocycles. The van der Waals surface area contributed by atoms with Gasteiger partial charge in [-0.1, -0.05) is 25.3 Å². The second-order valence-corrected chi connectivity index (χ2v) is 7.43. The van der Waals surface area contributed by atoms with Crippen molar-refractivity contribution in [3.8, 4) is 0 Å². The lowest BCUT2D eigenvalue weighted by Crippen LogP contribution is -2.46. The molecule has 4 rings (SSSR count). The van der Waals surface area contributed by atoms with E-state index in [2.05, 4.69) is 15.3 Å². The number of H-pyrrole nitrogens is 1. The Hall–Kier alpha value is -2.89. The van der Waals surface area contributed by atoms with Crippen molar-refractivity contribution in [1.29, 1.82) is 0 Å². The topological polar surface area (TPSA) is 61.0 Å².